The summed E-state index contributed by atoms with van der Waals surface area (Å²) in [5.41, 5.74) is 1.56. The maximum absolute atomic E-state index is 12.0. The van der Waals surface area contributed by atoms with E-state index < -0.39 is 17.7 Å². The number of hydrogen-bond donors (Lipinski definition) is 0. The van der Waals surface area contributed by atoms with E-state index in [9.17, 15) is 9.59 Å². The lowest BCUT2D eigenvalue weighted by molar-refractivity contribution is -0.222. The summed E-state index contributed by atoms with van der Waals surface area (Å²) < 4.78 is 16.0. The number of carbonyl (C=O) groups excluding carboxylic acids is 2. The minimum absolute atomic E-state index is 0.119. The molecule has 0 saturated carbocycles. The normalized spacial score (nSPS) is 16.7. The van der Waals surface area contributed by atoms with Gasteiger partial charge in [-0.3, -0.25) is 0 Å². The van der Waals surface area contributed by atoms with Crippen molar-refractivity contribution in [3.63, 3.8) is 0 Å². The molecule has 5 nitrogen and oxygen atoms in total. The van der Waals surface area contributed by atoms with Crippen LogP contribution in [-0.2, 0) is 19.1 Å². The lowest BCUT2D eigenvalue weighted by atomic mass is 10.1. The summed E-state index contributed by atoms with van der Waals surface area (Å²) in [5, 5.41) is 0. The van der Waals surface area contributed by atoms with Gasteiger partial charge < -0.3 is 14.2 Å². The Hall–Kier alpha value is -2.30. The largest absolute Gasteiger partial charge is 0.493 e. The van der Waals surface area contributed by atoms with E-state index in [4.69, 9.17) is 14.2 Å². The highest BCUT2D eigenvalue weighted by atomic mass is 16.7. The first-order valence-electron chi connectivity index (χ1n) is 8.10. The number of rotatable bonds is 5. The van der Waals surface area contributed by atoms with Crippen LogP contribution in [0.1, 0.15) is 45.2 Å². The molecular formula is C19H24O5. The first kappa shape index (κ1) is 18.0. The van der Waals surface area contributed by atoms with Crippen LogP contribution >= 0.6 is 0 Å². The Bertz CT molecular complexity index is 648. The van der Waals surface area contributed by atoms with Gasteiger partial charge in [0, 0.05) is 13.8 Å². The SMILES string of the molecule is Cc1ccc(C=C2C(=O)OC(C)(C)OC2=O)cc1OCCC(C)C. The van der Waals surface area contributed by atoms with E-state index in [0.717, 1.165) is 17.7 Å². The van der Waals surface area contributed by atoms with E-state index in [-0.39, 0.29) is 5.57 Å². The van der Waals surface area contributed by atoms with Gasteiger partial charge in [0.25, 0.3) is 5.79 Å². The molecule has 5 heteroatoms. The molecule has 0 atom stereocenters. The summed E-state index contributed by atoms with van der Waals surface area (Å²) in [7, 11) is 0. The Morgan fingerprint density at radius 3 is 2.38 bits per heavy atom. The molecule has 0 N–H and O–H groups in total. The maximum atomic E-state index is 12.0. The fourth-order valence-electron chi connectivity index (χ4n) is 2.21. The van der Waals surface area contributed by atoms with Crippen molar-refractivity contribution in [2.24, 2.45) is 5.92 Å². The monoisotopic (exact) mass is 332 g/mol. The summed E-state index contributed by atoms with van der Waals surface area (Å²) in [6.45, 7) is 9.89. The molecule has 1 aliphatic heterocycles. The molecule has 0 aromatic heterocycles. The average molecular weight is 332 g/mol. The zero-order chi connectivity index (χ0) is 17.9. The van der Waals surface area contributed by atoms with Gasteiger partial charge in [0.1, 0.15) is 11.3 Å². The number of cyclic esters (lactones) is 2. The predicted octanol–water partition coefficient (Wildman–Crippen LogP) is 3.64. The van der Waals surface area contributed by atoms with Crippen LogP contribution in [0.4, 0.5) is 0 Å². The number of hydrogen-bond acceptors (Lipinski definition) is 5. The van der Waals surface area contributed by atoms with Crippen molar-refractivity contribution in [3.05, 3.63) is 34.9 Å². The van der Waals surface area contributed by atoms with Crippen molar-refractivity contribution < 1.29 is 23.8 Å². The molecule has 0 aliphatic carbocycles. The van der Waals surface area contributed by atoms with Crippen LogP contribution in [-0.4, -0.2) is 24.3 Å². The second kappa shape index (κ2) is 7.07. The molecule has 24 heavy (non-hydrogen) atoms. The van der Waals surface area contributed by atoms with Gasteiger partial charge in [-0.15, -0.1) is 0 Å². The van der Waals surface area contributed by atoms with Gasteiger partial charge in [-0.2, -0.15) is 0 Å². The third-order valence-electron chi connectivity index (χ3n) is 3.59. The number of benzene rings is 1. The number of esters is 2. The second-order valence-electron chi connectivity index (χ2n) is 6.79. The lowest BCUT2D eigenvalue weighted by Crippen LogP contribution is -2.41. The third-order valence-corrected chi connectivity index (χ3v) is 3.59. The van der Waals surface area contributed by atoms with Crippen molar-refractivity contribution in [3.8, 4) is 5.75 Å². The number of aryl methyl sites for hydroxylation is 1. The summed E-state index contributed by atoms with van der Waals surface area (Å²) in [6.07, 6.45) is 2.42. The van der Waals surface area contributed by atoms with Crippen LogP contribution in [0.15, 0.2) is 23.8 Å². The van der Waals surface area contributed by atoms with Gasteiger partial charge in [0.05, 0.1) is 6.61 Å². The maximum Gasteiger partial charge on any atom is 0.348 e. The summed E-state index contributed by atoms with van der Waals surface area (Å²) in [5.74, 6) is -1.30. The van der Waals surface area contributed by atoms with Crippen molar-refractivity contribution in [2.75, 3.05) is 6.61 Å². The molecule has 0 amide bonds. The van der Waals surface area contributed by atoms with Gasteiger partial charge in [0.2, 0.25) is 0 Å². The average Bonchev–Trinajstić information content (AvgIpc) is 2.44. The highest BCUT2D eigenvalue weighted by molar-refractivity contribution is 6.18. The van der Waals surface area contributed by atoms with Crippen LogP contribution in [0.25, 0.3) is 6.08 Å². The molecule has 0 spiro atoms. The van der Waals surface area contributed by atoms with E-state index >= 15 is 0 Å². The molecular weight excluding hydrogens is 308 g/mol. The first-order valence-corrected chi connectivity index (χ1v) is 8.10. The van der Waals surface area contributed by atoms with Gasteiger partial charge in [-0.05, 0) is 42.5 Å². The Morgan fingerprint density at radius 1 is 1.17 bits per heavy atom. The molecule has 1 aromatic rings. The number of ether oxygens (including phenoxy) is 3. The van der Waals surface area contributed by atoms with Crippen molar-refractivity contribution in [1.29, 1.82) is 0 Å². The fraction of sp³-hybridized carbons (Fsp3) is 0.474. The predicted molar refractivity (Wildman–Crippen MR) is 90.4 cm³/mol. The Labute approximate surface area is 142 Å². The van der Waals surface area contributed by atoms with Crippen LogP contribution in [0, 0.1) is 12.8 Å². The lowest BCUT2D eigenvalue weighted by Gasteiger charge is -2.29. The minimum Gasteiger partial charge on any atom is -0.493 e. The quantitative estimate of drug-likeness (QED) is 0.468. The summed E-state index contributed by atoms with van der Waals surface area (Å²) in [6, 6.07) is 5.52. The molecule has 1 aromatic carbocycles. The first-order chi connectivity index (χ1) is 11.2. The molecule has 0 radical (unpaired) electrons. The van der Waals surface area contributed by atoms with Gasteiger partial charge in [-0.1, -0.05) is 26.0 Å². The molecule has 130 valence electrons. The number of carbonyl (C=O) groups is 2. The fourth-order valence-corrected chi connectivity index (χ4v) is 2.21. The molecule has 2 rings (SSSR count). The smallest absolute Gasteiger partial charge is 0.348 e. The van der Waals surface area contributed by atoms with Crippen LogP contribution in [0.2, 0.25) is 0 Å². The van der Waals surface area contributed by atoms with Crippen LogP contribution in [0.3, 0.4) is 0 Å². The van der Waals surface area contributed by atoms with E-state index in [1.165, 1.54) is 19.9 Å². The minimum atomic E-state index is -1.23. The Morgan fingerprint density at radius 2 is 1.79 bits per heavy atom. The van der Waals surface area contributed by atoms with Crippen molar-refractivity contribution in [2.45, 2.75) is 46.8 Å². The highest BCUT2D eigenvalue weighted by Crippen LogP contribution is 2.26. The summed E-state index contributed by atoms with van der Waals surface area (Å²) >= 11 is 0. The highest BCUT2D eigenvalue weighted by Gasteiger charge is 2.38. The van der Waals surface area contributed by atoms with E-state index in [1.807, 2.05) is 25.1 Å². The molecule has 0 bridgehead atoms. The third kappa shape index (κ3) is 4.60. The van der Waals surface area contributed by atoms with Crippen molar-refractivity contribution in [1.82, 2.24) is 0 Å². The van der Waals surface area contributed by atoms with E-state index in [0.29, 0.717) is 18.1 Å². The Balaban J connectivity index is 2.20. The molecule has 1 heterocycles. The topological polar surface area (TPSA) is 61.8 Å². The van der Waals surface area contributed by atoms with Crippen LogP contribution < -0.4 is 4.74 Å². The van der Waals surface area contributed by atoms with E-state index in [1.54, 1.807) is 0 Å². The molecule has 0 unspecified atom stereocenters. The van der Waals surface area contributed by atoms with Gasteiger partial charge in [-0.25, -0.2) is 9.59 Å². The van der Waals surface area contributed by atoms with Gasteiger partial charge in [0.15, 0.2) is 0 Å². The Kier molecular flexibility index (Phi) is 5.32. The summed E-state index contributed by atoms with van der Waals surface area (Å²) in [4.78, 5) is 24.0. The zero-order valence-corrected chi connectivity index (χ0v) is 14.8. The van der Waals surface area contributed by atoms with Crippen molar-refractivity contribution >= 4 is 18.0 Å². The van der Waals surface area contributed by atoms with Crippen LogP contribution in [0.5, 0.6) is 5.75 Å². The standard InChI is InChI=1S/C19H24O5/c1-12(2)8-9-22-16-11-14(7-6-13(16)3)10-15-17(20)23-19(4,5)24-18(15)21/h6-7,10-12H,8-9H2,1-5H3. The molecule has 1 saturated heterocycles. The zero-order valence-electron chi connectivity index (χ0n) is 14.8. The van der Waals surface area contributed by atoms with E-state index in [2.05, 4.69) is 13.8 Å². The second-order valence-corrected chi connectivity index (χ2v) is 6.79. The molecule has 1 fully saturated rings. The molecule has 1 aliphatic rings. The van der Waals surface area contributed by atoms with Gasteiger partial charge >= 0.3 is 11.9 Å².